The molecule has 206 valence electrons. The van der Waals surface area contributed by atoms with Crippen LogP contribution in [0.2, 0.25) is 0 Å². The van der Waals surface area contributed by atoms with Crippen molar-refractivity contribution >= 4 is 35.1 Å². The highest BCUT2D eigenvalue weighted by molar-refractivity contribution is 6.08. The molecule has 0 unspecified atom stereocenters. The highest BCUT2D eigenvalue weighted by Gasteiger charge is 2.23. The standard InChI is InChI=1S/C30H24N4O7/c35-27(19-8-9-25-26(14-19)41-17-40-25)32-22-12-21(13-23(15-22)33-28(36)20-7-4-10-31-16-20)29(37)34-24(30(38)39)11-18-5-2-1-3-6-18/h1-10,12-16,24H,11,17H2,(H,32,35)(H,33,36)(H,34,37)(H,38,39)/t24-/m0/s1. The number of hydrogen-bond acceptors (Lipinski definition) is 7. The molecule has 41 heavy (non-hydrogen) atoms. The Balaban J connectivity index is 1.41. The third-order valence-electron chi connectivity index (χ3n) is 6.16. The first-order valence-electron chi connectivity index (χ1n) is 12.5. The summed E-state index contributed by atoms with van der Waals surface area (Å²) in [6, 6.07) is 19.8. The lowest BCUT2D eigenvalue weighted by Crippen LogP contribution is -2.42. The molecule has 1 aliphatic rings. The van der Waals surface area contributed by atoms with Gasteiger partial charge in [-0.05, 0) is 54.1 Å². The minimum Gasteiger partial charge on any atom is -0.480 e. The number of carboxylic acid groups (broad SMARTS) is 1. The summed E-state index contributed by atoms with van der Waals surface area (Å²) in [5, 5.41) is 17.7. The number of amides is 3. The van der Waals surface area contributed by atoms with E-state index in [1.165, 1.54) is 36.7 Å². The Morgan fingerprint density at radius 2 is 1.46 bits per heavy atom. The fourth-order valence-electron chi connectivity index (χ4n) is 4.14. The van der Waals surface area contributed by atoms with Crippen LogP contribution in [-0.2, 0) is 11.2 Å². The topological polar surface area (TPSA) is 156 Å². The molecule has 5 rings (SSSR count). The molecule has 2 heterocycles. The molecule has 11 heteroatoms. The van der Waals surface area contributed by atoms with E-state index in [2.05, 4.69) is 20.9 Å². The number of carbonyl (C=O) groups excluding carboxylic acids is 3. The van der Waals surface area contributed by atoms with Gasteiger partial charge < -0.3 is 30.5 Å². The van der Waals surface area contributed by atoms with Gasteiger partial charge in [0.25, 0.3) is 17.7 Å². The van der Waals surface area contributed by atoms with Gasteiger partial charge in [-0.15, -0.1) is 0 Å². The second-order valence-electron chi connectivity index (χ2n) is 9.07. The largest absolute Gasteiger partial charge is 0.480 e. The Labute approximate surface area is 234 Å². The SMILES string of the molecule is O=C(Nc1cc(NC(=O)c2ccc3c(c2)OCO3)cc(C(=O)N[C@@H](Cc2ccccc2)C(=O)O)c1)c1cccnc1. The first-order valence-corrected chi connectivity index (χ1v) is 12.5. The fraction of sp³-hybridized carbons (Fsp3) is 0.100. The summed E-state index contributed by atoms with van der Waals surface area (Å²) >= 11 is 0. The van der Waals surface area contributed by atoms with E-state index < -0.39 is 29.7 Å². The number of carbonyl (C=O) groups is 4. The van der Waals surface area contributed by atoms with E-state index in [0.29, 0.717) is 11.5 Å². The normalized spacial score (nSPS) is 12.2. The van der Waals surface area contributed by atoms with Gasteiger partial charge in [0.2, 0.25) is 6.79 Å². The molecular weight excluding hydrogens is 528 g/mol. The monoisotopic (exact) mass is 552 g/mol. The van der Waals surface area contributed by atoms with Gasteiger partial charge in [0.05, 0.1) is 5.56 Å². The van der Waals surface area contributed by atoms with Crippen LogP contribution in [0.25, 0.3) is 0 Å². The second-order valence-corrected chi connectivity index (χ2v) is 9.07. The Morgan fingerprint density at radius 1 is 0.756 bits per heavy atom. The maximum Gasteiger partial charge on any atom is 0.326 e. The number of aliphatic carboxylic acids is 1. The lowest BCUT2D eigenvalue weighted by atomic mass is 10.0. The number of carboxylic acids is 1. The van der Waals surface area contributed by atoms with Gasteiger partial charge in [0.15, 0.2) is 11.5 Å². The second kappa shape index (κ2) is 12.0. The number of rotatable bonds is 9. The zero-order valence-corrected chi connectivity index (χ0v) is 21.5. The Morgan fingerprint density at radius 3 is 2.15 bits per heavy atom. The molecule has 0 bridgehead atoms. The minimum atomic E-state index is -1.22. The van der Waals surface area contributed by atoms with Gasteiger partial charge in [0.1, 0.15) is 6.04 Å². The van der Waals surface area contributed by atoms with Crippen LogP contribution in [0.15, 0.2) is 91.3 Å². The van der Waals surface area contributed by atoms with Crippen molar-refractivity contribution in [3.63, 3.8) is 0 Å². The van der Waals surface area contributed by atoms with Crippen molar-refractivity contribution in [2.75, 3.05) is 17.4 Å². The zero-order valence-electron chi connectivity index (χ0n) is 21.5. The summed E-state index contributed by atoms with van der Waals surface area (Å²) in [7, 11) is 0. The summed E-state index contributed by atoms with van der Waals surface area (Å²) in [5.41, 5.74) is 1.70. The first kappa shape index (κ1) is 26.9. The third kappa shape index (κ3) is 6.66. The van der Waals surface area contributed by atoms with Crippen LogP contribution in [-0.4, -0.2) is 46.6 Å². The molecule has 4 N–H and O–H groups in total. The van der Waals surface area contributed by atoms with Crippen LogP contribution >= 0.6 is 0 Å². The van der Waals surface area contributed by atoms with E-state index in [9.17, 15) is 24.3 Å². The van der Waals surface area contributed by atoms with E-state index >= 15 is 0 Å². The molecule has 0 saturated carbocycles. The Kier molecular flexibility index (Phi) is 7.86. The van der Waals surface area contributed by atoms with Crippen molar-refractivity contribution in [3.05, 3.63) is 114 Å². The van der Waals surface area contributed by atoms with E-state index in [1.54, 1.807) is 48.5 Å². The predicted octanol–water partition coefficient (Wildman–Crippen LogP) is 3.74. The molecule has 0 spiro atoms. The number of anilines is 2. The van der Waals surface area contributed by atoms with Gasteiger partial charge in [0, 0.05) is 41.3 Å². The fourth-order valence-corrected chi connectivity index (χ4v) is 4.14. The Hall–Kier alpha value is -5.71. The lowest BCUT2D eigenvalue weighted by molar-refractivity contribution is -0.139. The number of hydrogen-bond donors (Lipinski definition) is 4. The molecular formula is C30H24N4O7. The highest BCUT2D eigenvalue weighted by Crippen LogP contribution is 2.33. The molecule has 1 aliphatic heterocycles. The van der Waals surface area contributed by atoms with E-state index in [1.807, 2.05) is 6.07 Å². The summed E-state index contributed by atoms with van der Waals surface area (Å²) in [5.74, 6) is -1.96. The third-order valence-corrected chi connectivity index (χ3v) is 6.16. The van der Waals surface area contributed by atoms with Crippen molar-refractivity contribution in [1.82, 2.24) is 10.3 Å². The van der Waals surface area contributed by atoms with Crippen molar-refractivity contribution in [2.24, 2.45) is 0 Å². The molecule has 0 saturated heterocycles. The number of fused-ring (bicyclic) bond motifs is 1. The van der Waals surface area contributed by atoms with Gasteiger partial charge in [-0.25, -0.2) is 4.79 Å². The van der Waals surface area contributed by atoms with Crippen molar-refractivity contribution < 1.29 is 33.8 Å². The van der Waals surface area contributed by atoms with Crippen LogP contribution in [0.1, 0.15) is 36.6 Å². The van der Waals surface area contributed by atoms with Gasteiger partial charge in [-0.2, -0.15) is 0 Å². The molecule has 0 radical (unpaired) electrons. The van der Waals surface area contributed by atoms with Gasteiger partial charge in [-0.3, -0.25) is 19.4 Å². The highest BCUT2D eigenvalue weighted by atomic mass is 16.7. The van der Waals surface area contributed by atoms with Crippen LogP contribution in [0.4, 0.5) is 11.4 Å². The quantitative estimate of drug-likeness (QED) is 0.245. The number of aromatic nitrogens is 1. The summed E-state index contributed by atoms with van der Waals surface area (Å²) in [4.78, 5) is 55.0. The molecule has 11 nitrogen and oxygen atoms in total. The number of nitrogens with zero attached hydrogens (tertiary/aromatic N) is 1. The molecule has 1 aromatic heterocycles. The number of pyridine rings is 1. The van der Waals surface area contributed by atoms with Crippen molar-refractivity contribution in [2.45, 2.75) is 12.5 Å². The average molecular weight is 553 g/mol. The molecule has 1 atom stereocenters. The minimum absolute atomic E-state index is 0.0225. The van der Waals surface area contributed by atoms with Crippen LogP contribution < -0.4 is 25.4 Å². The van der Waals surface area contributed by atoms with Crippen molar-refractivity contribution in [3.8, 4) is 11.5 Å². The van der Waals surface area contributed by atoms with Gasteiger partial charge in [-0.1, -0.05) is 30.3 Å². The molecule has 3 amide bonds. The van der Waals surface area contributed by atoms with E-state index in [4.69, 9.17) is 9.47 Å². The predicted molar refractivity (Wildman–Crippen MR) is 148 cm³/mol. The average Bonchev–Trinajstić information content (AvgIpc) is 3.46. The Bertz CT molecular complexity index is 1610. The smallest absolute Gasteiger partial charge is 0.326 e. The number of nitrogens with one attached hydrogen (secondary N) is 3. The van der Waals surface area contributed by atoms with E-state index in [-0.39, 0.29) is 41.3 Å². The summed E-state index contributed by atoms with van der Waals surface area (Å²) in [6.07, 6.45) is 2.97. The van der Waals surface area contributed by atoms with E-state index in [0.717, 1.165) is 5.56 Å². The maximum absolute atomic E-state index is 13.3. The zero-order chi connectivity index (χ0) is 28.8. The summed E-state index contributed by atoms with van der Waals surface area (Å²) in [6.45, 7) is 0.0547. The first-order chi connectivity index (χ1) is 19.9. The number of ether oxygens (including phenoxy) is 2. The summed E-state index contributed by atoms with van der Waals surface area (Å²) < 4.78 is 10.6. The van der Waals surface area contributed by atoms with Crippen LogP contribution in [0.3, 0.4) is 0 Å². The van der Waals surface area contributed by atoms with Gasteiger partial charge >= 0.3 is 5.97 Å². The molecule has 3 aromatic carbocycles. The van der Waals surface area contributed by atoms with Crippen LogP contribution in [0.5, 0.6) is 11.5 Å². The number of benzene rings is 3. The lowest BCUT2D eigenvalue weighted by Gasteiger charge is -2.16. The van der Waals surface area contributed by atoms with Crippen molar-refractivity contribution in [1.29, 1.82) is 0 Å². The molecule has 0 fully saturated rings. The molecule has 0 aliphatic carbocycles. The maximum atomic E-state index is 13.3. The molecule has 4 aromatic rings. The van der Waals surface area contributed by atoms with Crippen LogP contribution in [0, 0.1) is 0 Å².